The fraction of sp³-hybridized carbons (Fsp3) is 0.290. The number of hydrogen-bond donors (Lipinski definition) is 0. The minimum atomic E-state index is -3.47. The third kappa shape index (κ3) is 13.5. The van der Waals surface area contributed by atoms with Crippen LogP contribution in [0.25, 0.3) is 178 Å². The molecule has 136 heavy (non-hydrogen) atoms. The Morgan fingerprint density at radius 3 is 1.13 bits per heavy atom. The minimum absolute atomic E-state index is 0.0137. The lowest BCUT2D eigenvalue weighted by Crippen LogP contribution is -2.32. The lowest BCUT2D eigenvalue weighted by Gasteiger charge is -2.20. The minimum Gasteiger partial charge on any atom is -0.455 e. The van der Waals surface area contributed by atoms with E-state index in [1.165, 1.54) is 51.7 Å². The molecule has 8 aromatic carbocycles. The third-order valence-electron chi connectivity index (χ3n) is 27.3. The molecule has 3 atom stereocenters. The van der Waals surface area contributed by atoms with Crippen molar-refractivity contribution >= 4 is 87.9 Å². The van der Waals surface area contributed by atoms with E-state index < -0.39 is 206 Å². The molecule has 0 saturated heterocycles. The third-order valence-corrected chi connectivity index (χ3v) is 27.3. The summed E-state index contributed by atoms with van der Waals surface area (Å²) in [6, 6.07) is 48.4. The zero-order valence-corrected chi connectivity index (χ0v) is 75.5. The van der Waals surface area contributed by atoms with Gasteiger partial charge in [-0.25, -0.2) is 23.3 Å². The van der Waals surface area contributed by atoms with Gasteiger partial charge in [-0.05, 0) is 231 Å². The highest BCUT2D eigenvalue weighted by Gasteiger charge is 2.44. The van der Waals surface area contributed by atoms with E-state index in [0.29, 0.717) is 194 Å². The summed E-state index contributed by atoms with van der Waals surface area (Å²) in [7, 11) is 6.12. The first-order valence-corrected chi connectivity index (χ1v) is 43.6. The van der Waals surface area contributed by atoms with Gasteiger partial charge in [0.05, 0.1) is 45.0 Å². The molecule has 0 fully saturated rings. The summed E-state index contributed by atoms with van der Waals surface area (Å²) in [5.41, 5.74) is 2.68. The Balaban J connectivity index is 0.000000141. The molecule has 0 amide bonds. The molecule has 12 nitrogen and oxygen atoms in total. The van der Waals surface area contributed by atoms with Crippen LogP contribution in [0.4, 0.5) is 0 Å². The molecule has 20 aromatic rings. The van der Waals surface area contributed by atoms with Crippen LogP contribution in [0.3, 0.4) is 0 Å². The van der Waals surface area contributed by atoms with E-state index >= 15 is 0 Å². The first-order chi connectivity index (χ1) is 87.0. The van der Waals surface area contributed by atoms with Crippen molar-refractivity contribution < 1.29 is 111 Å². The predicted molar refractivity (Wildman–Crippen MR) is 557 cm³/mol. The molecule has 4 aliphatic rings. The van der Waals surface area contributed by atoms with Gasteiger partial charge in [0, 0.05) is 233 Å². The summed E-state index contributed by atoms with van der Waals surface area (Å²) in [5, 5.41) is 4.52. The first kappa shape index (κ1) is 46.1. The van der Waals surface area contributed by atoms with Crippen LogP contribution in [0, 0.1) is 55.1 Å². The van der Waals surface area contributed by atoms with Crippen molar-refractivity contribution in [2.45, 2.75) is 210 Å². The highest BCUT2D eigenvalue weighted by molar-refractivity contribution is 6.16. The molecule has 3 unspecified atom stereocenters. The Morgan fingerprint density at radius 2 is 0.669 bits per heavy atom. The number of aromatic nitrogens is 8. The smallest absolute Gasteiger partial charge is 0.227 e. The SMILES string of the molecule is [2H]C([2H])([2H])c1c[n+](C)c(-c2c(C)ccc3c2oc2c4c(ccc23)-c2cccnc2C4(C)C([2H])([2H])[2H])cc1C([2H])(C([2H])([2H])[2H])C([2H])([2H])[2H].[2H]C([2H])([2H])c1c[n+](C)c(-c2c(C)ccc3c2oc2cc4c(cc23)-c2cccnc2C4(C([2H])([2H])[2H])C([2H])([2H])[2H])cc1C([2H])(C([2H])([2H])[2H])C([2H])([2H])[2H].[2H]C([2H])([2H])c1c[n+](C)c(-c2c(C)ccc3c2oc2cc4c(cc23)C(C)(C([2H])([2H])[2H])c2ncccc2-4)cc1C([2H])(C([2H])([2H])[2H])C([2H])([2H])[2H].[2H]C([2H])([2H])c1c[n+](C)c(-c2c(C)ccc3c2oc2nc4c(cc23)C(C)(C([2H])([2H])[2H])c2ccccc2-4)cc1C([2H])(C([2H])([2H])[2H])C([2H])([2H])[2H]. The number of furan rings is 4. The molecule has 0 saturated carbocycles. The van der Waals surface area contributed by atoms with Crippen molar-refractivity contribution in [3.8, 4) is 89.7 Å². The fourth-order valence-corrected chi connectivity index (χ4v) is 20.6. The van der Waals surface area contributed by atoms with Gasteiger partial charge < -0.3 is 17.7 Å². The average Bonchev–Trinajstić information content (AvgIpc) is 1.51. The molecular formula is C124H124N8O4+4. The number of nitrogens with zero attached hydrogens (tertiary/aromatic N) is 8. The van der Waals surface area contributed by atoms with Crippen molar-refractivity contribution in [2.75, 3.05) is 0 Å². The van der Waals surface area contributed by atoms with Gasteiger partial charge in [-0.1, -0.05) is 193 Å². The van der Waals surface area contributed by atoms with Crippen LogP contribution in [0.2, 0.25) is 0 Å². The lowest BCUT2D eigenvalue weighted by atomic mass is 9.82. The Hall–Kier alpha value is -13.8. The average molecular weight is 1850 g/mol. The zero-order valence-electron chi connectivity index (χ0n) is 130. The molecule has 0 bridgehead atoms. The standard InChI is InChI=1S/4C31H31N2O/c1-17(2)24-15-25(33(7)16-19(24)4)26-18(3)10-11-21-22-13-12-20-23-9-8-14-32-30(23)31(5,6)27(20)29(22)34-28(21)26;1-17(2)22-14-26(33(7)16-19(22)4)28-18(3)10-11-20-24-13-25-23(15-27(24)34-29(20)28)21-9-8-12-32-30(21)31(25,5)6;1-17(2)22-14-26(33(7)16-19(22)4)28-18(3)10-11-20-24-13-23-21-9-8-12-32-30(21)31(5,6)25(23)15-27(24)34-29(20)28;1-17(2)22-15-26(33(7)16-19(22)4)27-18(3)12-13-20-23-14-25-28(32-30(23)34-29(20)27)21-10-8-9-11-24(21)31(25,5)6/h4*8-17H,1-7H3/q4*+1/i2*1D3,2D3,4D3,5D3,17D;1D3,2D3,4D3,5D3,6D3,17D;1D3,2D3,4D3,5D3,17D. The second-order valence-electron chi connectivity index (χ2n) is 36.1. The van der Waals surface area contributed by atoms with Crippen LogP contribution < -0.4 is 18.3 Å². The summed E-state index contributed by atoms with van der Waals surface area (Å²) in [4.78, 5) is 18.0. The molecular weight excluding hydrogens is 1670 g/mol. The summed E-state index contributed by atoms with van der Waals surface area (Å²) in [6.07, 6.45) is 9.01. The van der Waals surface area contributed by atoms with Gasteiger partial charge in [0.1, 0.15) is 61.7 Å². The number of rotatable bonds is 8. The maximum Gasteiger partial charge on any atom is 0.227 e. The lowest BCUT2D eigenvalue weighted by molar-refractivity contribution is -0.660. The summed E-state index contributed by atoms with van der Waals surface area (Å²) >= 11 is 0. The quantitative estimate of drug-likeness (QED) is 0.138. The first-order valence-electron chi connectivity index (χ1n) is 71.1. The highest BCUT2D eigenvalue weighted by Crippen LogP contribution is 2.57. The highest BCUT2D eigenvalue weighted by atomic mass is 16.3. The molecule has 0 radical (unpaired) electrons. The van der Waals surface area contributed by atoms with E-state index in [1.54, 1.807) is 165 Å². The topological polar surface area (TPSA) is 120 Å². The summed E-state index contributed by atoms with van der Waals surface area (Å²) in [5.74, 6) is -13.2. The van der Waals surface area contributed by atoms with Crippen molar-refractivity contribution in [3.05, 3.63) is 331 Å². The van der Waals surface area contributed by atoms with Crippen LogP contribution in [-0.4, -0.2) is 19.9 Å². The Bertz CT molecular complexity index is 10500. The summed E-state index contributed by atoms with van der Waals surface area (Å²) < 4.78 is 486. The number of fused-ring (bicyclic) bond motifs is 25. The number of aryl methyl sites for hydroxylation is 12. The van der Waals surface area contributed by atoms with Gasteiger partial charge >= 0.3 is 0 Å². The Morgan fingerprint density at radius 1 is 0.301 bits per heavy atom. The van der Waals surface area contributed by atoms with Gasteiger partial charge in [0.2, 0.25) is 28.5 Å². The second kappa shape index (κ2) is 31.9. The Kier molecular flexibility index (Phi) is 10.8. The predicted octanol–water partition coefficient (Wildman–Crippen LogP) is 30.1. The van der Waals surface area contributed by atoms with Gasteiger partial charge in [0.25, 0.3) is 0 Å². The van der Waals surface area contributed by atoms with Gasteiger partial charge in [-0.3, -0.25) is 15.0 Å². The maximum atomic E-state index is 8.90. The zero-order chi connectivity index (χ0) is 142. The molecule has 0 spiro atoms. The number of hydrogen-bond acceptors (Lipinski definition) is 8. The van der Waals surface area contributed by atoms with Gasteiger partial charge in [-0.2, -0.15) is 0 Å². The second-order valence-corrected chi connectivity index (χ2v) is 36.1. The van der Waals surface area contributed by atoms with Crippen LogP contribution in [-0.2, 0) is 49.9 Å². The maximum absolute atomic E-state index is 8.90. The van der Waals surface area contributed by atoms with Crippen molar-refractivity contribution in [1.29, 1.82) is 0 Å². The monoisotopic (exact) mass is 1840 g/mol. The normalized spacial score (nSPS) is 24.2. The molecule has 12 aromatic heterocycles. The van der Waals surface area contributed by atoms with Crippen LogP contribution in [0.15, 0.2) is 237 Å². The van der Waals surface area contributed by atoms with E-state index in [4.69, 9.17) is 98.0 Å². The van der Waals surface area contributed by atoms with E-state index in [2.05, 4.69) is 15.0 Å². The largest absolute Gasteiger partial charge is 0.455 e. The Labute approximate surface area is 876 Å². The molecule has 24 rings (SSSR count). The number of benzene rings is 8. The van der Waals surface area contributed by atoms with E-state index in [-0.39, 0.29) is 50.9 Å². The van der Waals surface area contributed by atoms with Crippen LogP contribution in [0.5, 0.6) is 0 Å². The summed E-state index contributed by atoms with van der Waals surface area (Å²) in [6.45, 7) is -40.8. The van der Waals surface area contributed by atoms with E-state index in [1.807, 2.05) is 48.5 Å². The van der Waals surface area contributed by atoms with Crippen molar-refractivity contribution in [3.63, 3.8) is 0 Å². The van der Waals surface area contributed by atoms with Crippen LogP contribution in [0.1, 0.15) is 320 Å². The van der Waals surface area contributed by atoms with Crippen LogP contribution >= 0.6 is 0 Å². The van der Waals surface area contributed by atoms with Crippen molar-refractivity contribution in [1.82, 2.24) is 19.9 Å². The molecule has 0 N–H and O–H groups in total. The van der Waals surface area contributed by atoms with Gasteiger partial charge in [0.15, 0.2) is 30.4 Å². The molecule has 4 aliphatic carbocycles. The van der Waals surface area contributed by atoms with Crippen molar-refractivity contribution in [2.24, 2.45) is 28.2 Å². The van der Waals surface area contributed by atoms with Gasteiger partial charge in [-0.15, -0.1) is 0 Å². The number of pyridine rings is 8. The van der Waals surface area contributed by atoms with E-state index in [9.17, 15) is 0 Å². The van der Waals surface area contributed by atoms with E-state index in [0.717, 1.165) is 49.1 Å². The molecule has 680 valence electrons. The molecule has 12 heterocycles. The molecule has 0 aliphatic heterocycles. The molecule has 12 heteroatoms. The fourth-order valence-electron chi connectivity index (χ4n) is 20.6.